The third-order valence-corrected chi connectivity index (χ3v) is 4.53. The zero-order valence-corrected chi connectivity index (χ0v) is 12.7. The Morgan fingerprint density at radius 1 is 1.09 bits per heavy atom. The molecule has 0 unspecified atom stereocenters. The fourth-order valence-corrected chi connectivity index (χ4v) is 3.15. The van der Waals surface area contributed by atoms with E-state index in [4.69, 9.17) is 5.73 Å². The van der Waals surface area contributed by atoms with Gasteiger partial charge in [-0.1, -0.05) is 24.3 Å². The number of fused-ring (bicyclic) bond motifs is 1. The van der Waals surface area contributed by atoms with Gasteiger partial charge >= 0.3 is 0 Å². The lowest BCUT2D eigenvalue weighted by Crippen LogP contribution is -2.14. The van der Waals surface area contributed by atoms with Crippen molar-refractivity contribution >= 4 is 38.9 Å². The van der Waals surface area contributed by atoms with E-state index in [1.54, 1.807) is 18.2 Å². The predicted octanol–water partition coefficient (Wildman–Crippen LogP) is 3.56. The van der Waals surface area contributed by atoms with Gasteiger partial charge < -0.3 is 11.1 Å². The second-order valence-electron chi connectivity index (χ2n) is 5.00. The minimum atomic E-state index is -0.516. The molecule has 0 aliphatic heterocycles. The van der Waals surface area contributed by atoms with E-state index in [2.05, 4.69) is 5.32 Å². The average molecular weight is 310 g/mol. The summed E-state index contributed by atoms with van der Waals surface area (Å²) < 4.78 is 1.07. The summed E-state index contributed by atoms with van der Waals surface area (Å²) in [4.78, 5) is 24.3. The molecule has 0 fully saturated rings. The number of hydrogen-bond acceptors (Lipinski definition) is 3. The first-order chi connectivity index (χ1) is 10.5. The minimum Gasteiger partial charge on any atom is -0.366 e. The number of aryl methyl sites for hydroxylation is 1. The van der Waals surface area contributed by atoms with Crippen LogP contribution in [0.5, 0.6) is 0 Å². The highest BCUT2D eigenvalue weighted by Crippen LogP contribution is 2.26. The molecule has 4 nitrogen and oxygen atoms in total. The Bertz CT molecular complexity index is 850. The molecule has 1 aromatic heterocycles. The molecule has 3 aromatic rings. The van der Waals surface area contributed by atoms with Gasteiger partial charge in [-0.05, 0) is 42.1 Å². The number of amides is 2. The van der Waals surface area contributed by atoms with Crippen LogP contribution in [0.2, 0.25) is 0 Å². The quantitative estimate of drug-likeness (QED) is 0.776. The number of benzene rings is 2. The minimum absolute atomic E-state index is 0.189. The molecule has 0 saturated heterocycles. The van der Waals surface area contributed by atoms with E-state index in [0.29, 0.717) is 16.1 Å². The SMILES string of the molecule is Cc1ccc(C(N)=O)cc1NC(=O)c1cc2ccccc2s1. The molecule has 0 radical (unpaired) electrons. The first-order valence-electron chi connectivity index (χ1n) is 6.75. The molecular formula is C17H14N2O2S. The largest absolute Gasteiger partial charge is 0.366 e. The van der Waals surface area contributed by atoms with E-state index in [9.17, 15) is 9.59 Å². The predicted molar refractivity (Wildman–Crippen MR) is 89.5 cm³/mol. The van der Waals surface area contributed by atoms with Gasteiger partial charge in [-0.3, -0.25) is 9.59 Å². The Morgan fingerprint density at radius 2 is 1.86 bits per heavy atom. The van der Waals surface area contributed by atoms with Crippen molar-refractivity contribution in [3.8, 4) is 0 Å². The average Bonchev–Trinajstić information content (AvgIpc) is 2.93. The molecule has 0 atom stereocenters. The van der Waals surface area contributed by atoms with Crippen molar-refractivity contribution in [3.63, 3.8) is 0 Å². The monoisotopic (exact) mass is 310 g/mol. The number of thiophene rings is 1. The maximum Gasteiger partial charge on any atom is 0.265 e. The molecule has 22 heavy (non-hydrogen) atoms. The van der Waals surface area contributed by atoms with Crippen molar-refractivity contribution in [2.24, 2.45) is 5.73 Å². The standard InChI is InChI=1S/C17H14N2O2S/c1-10-6-7-12(16(18)20)8-13(10)19-17(21)15-9-11-4-2-3-5-14(11)22-15/h2-9H,1H3,(H2,18,20)(H,19,21). The van der Waals surface area contributed by atoms with Crippen molar-refractivity contribution in [3.05, 3.63) is 64.5 Å². The molecule has 0 spiro atoms. The summed E-state index contributed by atoms with van der Waals surface area (Å²) in [6.07, 6.45) is 0. The third-order valence-electron chi connectivity index (χ3n) is 3.42. The third kappa shape index (κ3) is 2.71. The molecule has 3 rings (SSSR count). The number of nitrogens with one attached hydrogen (secondary N) is 1. The highest BCUT2D eigenvalue weighted by Gasteiger charge is 2.12. The molecule has 5 heteroatoms. The lowest BCUT2D eigenvalue weighted by atomic mass is 10.1. The summed E-state index contributed by atoms with van der Waals surface area (Å²) in [6, 6.07) is 14.7. The summed E-state index contributed by atoms with van der Waals surface area (Å²) in [5, 5.41) is 3.89. The number of primary amides is 1. The van der Waals surface area contributed by atoms with Crippen LogP contribution in [0, 0.1) is 6.92 Å². The van der Waals surface area contributed by atoms with Crippen LogP contribution in [0.15, 0.2) is 48.5 Å². The van der Waals surface area contributed by atoms with Crippen LogP contribution < -0.4 is 11.1 Å². The van der Waals surface area contributed by atoms with E-state index in [1.807, 2.05) is 37.3 Å². The molecule has 1 heterocycles. The molecule has 0 bridgehead atoms. The van der Waals surface area contributed by atoms with Crippen LogP contribution in [0.25, 0.3) is 10.1 Å². The van der Waals surface area contributed by atoms with E-state index < -0.39 is 5.91 Å². The van der Waals surface area contributed by atoms with Crippen LogP contribution in [0.1, 0.15) is 25.6 Å². The summed E-state index contributed by atoms with van der Waals surface area (Å²) >= 11 is 1.44. The zero-order chi connectivity index (χ0) is 15.7. The van der Waals surface area contributed by atoms with E-state index in [-0.39, 0.29) is 5.91 Å². The highest BCUT2D eigenvalue weighted by atomic mass is 32.1. The smallest absolute Gasteiger partial charge is 0.265 e. The van der Waals surface area contributed by atoms with Gasteiger partial charge in [0.15, 0.2) is 0 Å². The van der Waals surface area contributed by atoms with Crippen LogP contribution in [-0.2, 0) is 0 Å². The molecule has 0 saturated carbocycles. The summed E-state index contributed by atoms with van der Waals surface area (Å²) in [5.41, 5.74) is 7.12. The number of carbonyl (C=O) groups excluding carboxylic acids is 2. The van der Waals surface area contributed by atoms with E-state index >= 15 is 0 Å². The molecule has 3 N–H and O–H groups in total. The fourth-order valence-electron chi connectivity index (χ4n) is 2.19. The summed E-state index contributed by atoms with van der Waals surface area (Å²) in [6.45, 7) is 1.87. The van der Waals surface area contributed by atoms with Gasteiger partial charge in [-0.2, -0.15) is 0 Å². The number of nitrogens with two attached hydrogens (primary N) is 1. The lowest BCUT2D eigenvalue weighted by molar-refractivity contribution is 0.0996. The van der Waals surface area contributed by atoms with Crippen LogP contribution in [-0.4, -0.2) is 11.8 Å². The van der Waals surface area contributed by atoms with Gasteiger partial charge in [-0.25, -0.2) is 0 Å². The van der Waals surface area contributed by atoms with Crippen molar-refractivity contribution < 1.29 is 9.59 Å². The van der Waals surface area contributed by atoms with Crippen molar-refractivity contribution in [1.82, 2.24) is 0 Å². The fraction of sp³-hybridized carbons (Fsp3) is 0.0588. The molecule has 2 amide bonds. The van der Waals surface area contributed by atoms with Crippen LogP contribution in [0.4, 0.5) is 5.69 Å². The molecule has 2 aromatic carbocycles. The Kier molecular flexibility index (Phi) is 3.65. The summed E-state index contributed by atoms with van der Waals surface area (Å²) in [5.74, 6) is -0.705. The van der Waals surface area contributed by atoms with Gasteiger partial charge in [0.25, 0.3) is 5.91 Å². The number of anilines is 1. The zero-order valence-electron chi connectivity index (χ0n) is 11.9. The molecular weight excluding hydrogens is 296 g/mol. The summed E-state index contributed by atoms with van der Waals surface area (Å²) in [7, 11) is 0. The van der Waals surface area contributed by atoms with Crippen molar-refractivity contribution in [2.45, 2.75) is 6.92 Å². The number of carbonyl (C=O) groups is 2. The van der Waals surface area contributed by atoms with Crippen molar-refractivity contribution in [1.29, 1.82) is 0 Å². The van der Waals surface area contributed by atoms with Crippen molar-refractivity contribution in [2.75, 3.05) is 5.32 Å². The number of hydrogen-bond donors (Lipinski definition) is 2. The Labute approximate surface area is 131 Å². The van der Waals surface area contributed by atoms with Crippen LogP contribution in [0.3, 0.4) is 0 Å². The second kappa shape index (κ2) is 5.61. The lowest BCUT2D eigenvalue weighted by Gasteiger charge is -2.08. The second-order valence-corrected chi connectivity index (χ2v) is 6.08. The first-order valence-corrected chi connectivity index (χ1v) is 7.56. The highest BCUT2D eigenvalue weighted by molar-refractivity contribution is 7.20. The van der Waals surface area contributed by atoms with Gasteiger partial charge in [0.2, 0.25) is 5.91 Å². The normalized spacial score (nSPS) is 10.6. The molecule has 110 valence electrons. The molecule has 0 aliphatic rings. The Morgan fingerprint density at radius 3 is 2.59 bits per heavy atom. The topological polar surface area (TPSA) is 72.2 Å². The Balaban J connectivity index is 1.90. The van der Waals surface area contributed by atoms with Gasteiger partial charge in [0, 0.05) is 16.0 Å². The molecule has 0 aliphatic carbocycles. The van der Waals surface area contributed by atoms with Crippen LogP contribution >= 0.6 is 11.3 Å². The van der Waals surface area contributed by atoms with E-state index in [1.165, 1.54) is 11.3 Å². The first kappa shape index (κ1) is 14.3. The van der Waals surface area contributed by atoms with Gasteiger partial charge in [0.1, 0.15) is 0 Å². The van der Waals surface area contributed by atoms with Gasteiger partial charge in [0.05, 0.1) is 4.88 Å². The number of rotatable bonds is 3. The van der Waals surface area contributed by atoms with Gasteiger partial charge in [-0.15, -0.1) is 11.3 Å². The maximum absolute atomic E-state index is 12.4. The Hall–Kier alpha value is -2.66. The maximum atomic E-state index is 12.4. The van der Waals surface area contributed by atoms with E-state index in [0.717, 1.165) is 15.6 Å².